The fraction of sp³-hybridized carbons (Fsp3) is 0.385. The third kappa shape index (κ3) is 3.67. The Hall–Kier alpha value is -0.770. The van der Waals surface area contributed by atoms with Crippen LogP contribution < -0.4 is 10.9 Å². The molecule has 1 heterocycles. The van der Waals surface area contributed by atoms with E-state index in [-0.39, 0.29) is 11.4 Å². The van der Waals surface area contributed by atoms with Crippen molar-refractivity contribution in [1.82, 2.24) is 10.9 Å². The minimum atomic E-state index is 0.108. The van der Waals surface area contributed by atoms with Gasteiger partial charge in [0.25, 0.3) is 0 Å². The van der Waals surface area contributed by atoms with E-state index in [4.69, 9.17) is 0 Å². The van der Waals surface area contributed by atoms with E-state index in [1.54, 1.807) is 0 Å². The SMILES string of the molecule is CC.Cc1ccc(C2C=CC(S)NN2)cc1. The lowest BCUT2D eigenvalue weighted by atomic mass is 10.0. The zero-order chi connectivity index (χ0) is 12.0. The Labute approximate surface area is 104 Å². The summed E-state index contributed by atoms with van der Waals surface area (Å²) in [5.41, 5.74) is 8.81. The van der Waals surface area contributed by atoms with Gasteiger partial charge in [0.05, 0.1) is 11.4 Å². The lowest BCUT2D eigenvalue weighted by Gasteiger charge is -2.23. The van der Waals surface area contributed by atoms with Crippen molar-refractivity contribution in [2.75, 3.05) is 0 Å². The molecular formula is C13H20N2S. The zero-order valence-electron chi connectivity index (χ0n) is 10.1. The summed E-state index contributed by atoms with van der Waals surface area (Å²) < 4.78 is 0. The van der Waals surface area contributed by atoms with E-state index in [9.17, 15) is 0 Å². The van der Waals surface area contributed by atoms with Crippen molar-refractivity contribution in [3.63, 3.8) is 0 Å². The van der Waals surface area contributed by atoms with E-state index in [0.29, 0.717) is 0 Å². The predicted molar refractivity (Wildman–Crippen MR) is 73.5 cm³/mol. The molecule has 1 aromatic carbocycles. The quantitative estimate of drug-likeness (QED) is 0.516. The maximum atomic E-state index is 4.27. The monoisotopic (exact) mass is 236 g/mol. The van der Waals surface area contributed by atoms with Crippen LogP contribution in [0.3, 0.4) is 0 Å². The summed E-state index contributed by atoms with van der Waals surface area (Å²) in [6, 6.07) is 8.77. The van der Waals surface area contributed by atoms with Crippen LogP contribution in [0, 0.1) is 6.92 Å². The number of hydrogen-bond acceptors (Lipinski definition) is 3. The highest BCUT2D eigenvalue weighted by atomic mass is 32.1. The molecule has 2 nitrogen and oxygen atoms in total. The van der Waals surface area contributed by atoms with E-state index < -0.39 is 0 Å². The number of aryl methyl sites for hydroxylation is 1. The molecule has 16 heavy (non-hydrogen) atoms. The van der Waals surface area contributed by atoms with Gasteiger partial charge in [-0.05, 0) is 12.5 Å². The molecule has 0 saturated heterocycles. The Morgan fingerprint density at radius 3 is 2.12 bits per heavy atom. The van der Waals surface area contributed by atoms with Gasteiger partial charge in [0.2, 0.25) is 0 Å². The van der Waals surface area contributed by atoms with Gasteiger partial charge in [-0.25, -0.2) is 10.9 Å². The van der Waals surface area contributed by atoms with E-state index >= 15 is 0 Å². The molecule has 2 atom stereocenters. The summed E-state index contributed by atoms with van der Waals surface area (Å²) in [6.07, 6.45) is 4.17. The van der Waals surface area contributed by atoms with Crippen molar-refractivity contribution in [3.8, 4) is 0 Å². The van der Waals surface area contributed by atoms with Crippen LogP contribution in [-0.2, 0) is 0 Å². The predicted octanol–water partition coefficient (Wildman–Crippen LogP) is 2.98. The van der Waals surface area contributed by atoms with Crippen molar-refractivity contribution in [2.24, 2.45) is 0 Å². The Kier molecular flexibility index (Phi) is 5.60. The maximum absolute atomic E-state index is 4.27. The van der Waals surface area contributed by atoms with E-state index in [0.717, 1.165) is 0 Å². The van der Waals surface area contributed by atoms with Crippen molar-refractivity contribution >= 4 is 12.6 Å². The fourth-order valence-corrected chi connectivity index (χ4v) is 1.63. The van der Waals surface area contributed by atoms with Gasteiger partial charge in [-0.15, -0.1) is 0 Å². The lowest BCUT2D eigenvalue weighted by molar-refractivity contribution is 0.482. The highest BCUT2D eigenvalue weighted by Crippen LogP contribution is 2.17. The zero-order valence-corrected chi connectivity index (χ0v) is 11.0. The first-order valence-corrected chi connectivity index (χ1v) is 6.21. The molecule has 88 valence electrons. The molecule has 0 radical (unpaired) electrons. The highest BCUT2D eigenvalue weighted by molar-refractivity contribution is 7.81. The summed E-state index contributed by atoms with van der Waals surface area (Å²) in [6.45, 7) is 6.09. The van der Waals surface area contributed by atoms with Crippen molar-refractivity contribution < 1.29 is 0 Å². The second-order valence-corrected chi connectivity index (χ2v) is 4.06. The number of benzene rings is 1. The minimum Gasteiger partial charge on any atom is -0.245 e. The third-order valence-corrected chi connectivity index (χ3v) is 2.61. The fourth-order valence-electron chi connectivity index (χ4n) is 1.46. The van der Waals surface area contributed by atoms with Crippen LogP contribution in [0.4, 0.5) is 0 Å². The number of thiol groups is 1. The van der Waals surface area contributed by atoms with Gasteiger partial charge >= 0.3 is 0 Å². The molecule has 0 spiro atoms. The average molecular weight is 236 g/mol. The second kappa shape index (κ2) is 6.74. The van der Waals surface area contributed by atoms with E-state index in [1.807, 2.05) is 19.9 Å². The molecule has 1 aliphatic rings. The largest absolute Gasteiger partial charge is 0.245 e. The van der Waals surface area contributed by atoms with Gasteiger partial charge in [0, 0.05) is 0 Å². The maximum Gasteiger partial charge on any atom is 0.0819 e. The third-order valence-electron chi connectivity index (χ3n) is 2.31. The van der Waals surface area contributed by atoms with Crippen molar-refractivity contribution in [3.05, 3.63) is 47.5 Å². The molecule has 2 N–H and O–H groups in total. The highest BCUT2D eigenvalue weighted by Gasteiger charge is 2.12. The van der Waals surface area contributed by atoms with Crippen LogP contribution in [0.1, 0.15) is 31.0 Å². The summed E-state index contributed by atoms with van der Waals surface area (Å²) in [7, 11) is 0. The molecular weight excluding hydrogens is 216 g/mol. The summed E-state index contributed by atoms with van der Waals surface area (Å²) in [4.78, 5) is 0. The van der Waals surface area contributed by atoms with E-state index in [2.05, 4.69) is 60.7 Å². The van der Waals surface area contributed by atoms with Gasteiger partial charge in [-0.2, -0.15) is 12.6 Å². The van der Waals surface area contributed by atoms with Gasteiger partial charge in [0.1, 0.15) is 0 Å². The second-order valence-electron chi connectivity index (χ2n) is 3.51. The average Bonchev–Trinajstić information content (AvgIpc) is 2.34. The standard InChI is InChI=1S/C11H14N2S.C2H6/c1-8-2-4-9(5-3-8)10-6-7-11(14)13-12-10;1-2/h2-7,10-14H,1H3;1-2H3. The van der Waals surface area contributed by atoms with Gasteiger partial charge < -0.3 is 0 Å². The van der Waals surface area contributed by atoms with Crippen LogP contribution in [0.25, 0.3) is 0 Å². The molecule has 0 saturated carbocycles. The molecule has 0 fully saturated rings. The minimum absolute atomic E-state index is 0.108. The number of hydrazine groups is 1. The van der Waals surface area contributed by atoms with Gasteiger partial charge in [-0.3, -0.25) is 0 Å². The van der Waals surface area contributed by atoms with Crippen LogP contribution in [0.2, 0.25) is 0 Å². The van der Waals surface area contributed by atoms with Gasteiger partial charge in [-0.1, -0.05) is 55.8 Å². The molecule has 1 aromatic rings. The first kappa shape index (κ1) is 13.3. The normalized spacial score (nSPS) is 23.5. The topological polar surface area (TPSA) is 24.1 Å². The van der Waals surface area contributed by atoms with Crippen LogP contribution in [-0.4, -0.2) is 5.37 Å². The molecule has 0 aliphatic carbocycles. The molecule has 0 aromatic heterocycles. The van der Waals surface area contributed by atoms with Gasteiger partial charge in [0.15, 0.2) is 0 Å². The summed E-state index contributed by atoms with van der Waals surface area (Å²) >= 11 is 4.27. The number of hydrogen-bond donors (Lipinski definition) is 3. The van der Waals surface area contributed by atoms with Crippen LogP contribution >= 0.6 is 12.6 Å². The summed E-state index contributed by atoms with van der Waals surface area (Å²) in [5.74, 6) is 0. The Balaban J connectivity index is 0.000000606. The summed E-state index contributed by atoms with van der Waals surface area (Å²) in [5, 5.41) is 0.108. The molecule has 1 aliphatic heterocycles. The Bertz CT molecular complexity index is 332. The molecule has 0 bridgehead atoms. The van der Waals surface area contributed by atoms with Crippen molar-refractivity contribution in [2.45, 2.75) is 32.2 Å². The molecule has 3 heteroatoms. The van der Waals surface area contributed by atoms with Crippen LogP contribution in [0.15, 0.2) is 36.4 Å². The van der Waals surface area contributed by atoms with E-state index in [1.165, 1.54) is 11.1 Å². The first-order valence-electron chi connectivity index (χ1n) is 5.70. The molecule has 2 rings (SSSR count). The van der Waals surface area contributed by atoms with Crippen molar-refractivity contribution in [1.29, 1.82) is 0 Å². The lowest BCUT2D eigenvalue weighted by Crippen LogP contribution is -2.42. The Morgan fingerprint density at radius 1 is 1.00 bits per heavy atom. The number of nitrogens with one attached hydrogen (secondary N) is 2. The molecule has 2 unspecified atom stereocenters. The molecule has 0 amide bonds. The van der Waals surface area contributed by atoms with Crippen LogP contribution in [0.5, 0.6) is 0 Å². The number of rotatable bonds is 1. The first-order chi connectivity index (χ1) is 7.75. The smallest absolute Gasteiger partial charge is 0.0819 e. The Morgan fingerprint density at radius 2 is 1.62 bits per heavy atom.